The van der Waals surface area contributed by atoms with Crippen LogP contribution in [0.15, 0.2) is 24.3 Å². The van der Waals surface area contributed by atoms with Crippen molar-refractivity contribution in [1.29, 1.82) is 0 Å². The summed E-state index contributed by atoms with van der Waals surface area (Å²) in [4.78, 5) is 21.6. The lowest BCUT2D eigenvalue weighted by atomic mass is 10.0. The van der Waals surface area contributed by atoms with Gasteiger partial charge in [0.2, 0.25) is 0 Å². The van der Waals surface area contributed by atoms with Crippen LogP contribution in [0.2, 0.25) is 5.02 Å². The smallest absolute Gasteiger partial charge is 0.337 e. The topological polar surface area (TPSA) is 94.8 Å². The standard InChI is InChI=1S/C17H23ClO5S/c18-14-8-5-7-13(10-14)6-3-1-2-4-9-24-12-17(23,16(21)22)11-15(19)20/h5,7-8,10,23H,1-4,6,9,11-12H2,(H,19,20)(H,21,22)/t17-/m1/s1. The van der Waals surface area contributed by atoms with Crippen molar-refractivity contribution >= 4 is 35.3 Å². The lowest BCUT2D eigenvalue weighted by Gasteiger charge is -2.20. The molecule has 1 rings (SSSR count). The van der Waals surface area contributed by atoms with E-state index < -0.39 is 24.0 Å². The number of carboxylic acids is 2. The second-order valence-corrected chi connectivity index (χ2v) is 7.30. The van der Waals surface area contributed by atoms with Gasteiger partial charge in [-0.15, -0.1) is 0 Å². The summed E-state index contributed by atoms with van der Waals surface area (Å²) in [5.74, 6) is -2.22. The van der Waals surface area contributed by atoms with Gasteiger partial charge in [-0.3, -0.25) is 4.79 Å². The quantitative estimate of drug-likeness (QED) is 0.485. The van der Waals surface area contributed by atoms with Gasteiger partial charge in [0.25, 0.3) is 0 Å². The van der Waals surface area contributed by atoms with E-state index >= 15 is 0 Å². The summed E-state index contributed by atoms with van der Waals surface area (Å²) in [6.07, 6.45) is 4.23. The van der Waals surface area contributed by atoms with Crippen LogP contribution < -0.4 is 0 Å². The van der Waals surface area contributed by atoms with Crippen molar-refractivity contribution in [3.8, 4) is 0 Å². The Balaban J connectivity index is 2.13. The summed E-state index contributed by atoms with van der Waals surface area (Å²) in [5.41, 5.74) is -0.972. The van der Waals surface area contributed by atoms with E-state index in [9.17, 15) is 14.7 Å². The van der Waals surface area contributed by atoms with E-state index in [1.54, 1.807) is 0 Å². The van der Waals surface area contributed by atoms with Gasteiger partial charge in [-0.2, -0.15) is 11.8 Å². The first-order valence-electron chi connectivity index (χ1n) is 7.83. The normalized spacial score (nSPS) is 13.4. The van der Waals surface area contributed by atoms with Crippen LogP contribution in [0.25, 0.3) is 0 Å². The highest BCUT2D eigenvalue weighted by molar-refractivity contribution is 7.99. The van der Waals surface area contributed by atoms with Crippen molar-refractivity contribution in [3.63, 3.8) is 0 Å². The lowest BCUT2D eigenvalue weighted by Crippen LogP contribution is -2.43. The van der Waals surface area contributed by atoms with Gasteiger partial charge in [0.05, 0.1) is 6.42 Å². The molecule has 0 radical (unpaired) electrons. The van der Waals surface area contributed by atoms with Gasteiger partial charge in [-0.25, -0.2) is 4.79 Å². The SMILES string of the molecule is O=C(O)C[C@@](O)(CSCCCCCCc1cccc(Cl)c1)C(=O)O. The monoisotopic (exact) mass is 374 g/mol. The molecule has 0 aliphatic carbocycles. The summed E-state index contributed by atoms with van der Waals surface area (Å²) in [7, 11) is 0. The number of aliphatic carboxylic acids is 2. The van der Waals surface area contributed by atoms with Gasteiger partial charge in [-0.05, 0) is 42.7 Å². The molecule has 0 saturated heterocycles. The van der Waals surface area contributed by atoms with Crippen molar-refractivity contribution in [2.45, 2.75) is 44.1 Å². The molecule has 0 fully saturated rings. The second kappa shape index (κ2) is 10.6. The van der Waals surface area contributed by atoms with Crippen molar-refractivity contribution < 1.29 is 24.9 Å². The summed E-state index contributed by atoms with van der Waals surface area (Å²) >= 11 is 7.21. The van der Waals surface area contributed by atoms with Gasteiger partial charge >= 0.3 is 11.9 Å². The van der Waals surface area contributed by atoms with Gasteiger partial charge in [-0.1, -0.05) is 36.6 Å². The van der Waals surface area contributed by atoms with E-state index in [0.717, 1.165) is 37.1 Å². The van der Waals surface area contributed by atoms with Crippen molar-refractivity contribution in [2.24, 2.45) is 0 Å². The summed E-state index contributed by atoms with van der Waals surface area (Å²) in [5, 5.41) is 28.2. The maximum absolute atomic E-state index is 11.0. The molecule has 134 valence electrons. The minimum atomic E-state index is -2.19. The van der Waals surface area contributed by atoms with Gasteiger partial charge < -0.3 is 15.3 Å². The third-order valence-electron chi connectivity index (χ3n) is 3.58. The van der Waals surface area contributed by atoms with E-state index in [-0.39, 0.29) is 5.75 Å². The minimum absolute atomic E-state index is 0.114. The molecule has 24 heavy (non-hydrogen) atoms. The average Bonchev–Trinajstić information content (AvgIpc) is 2.49. The fourth-order valence-electron chi connectivity index (χ4n) is 2.26. The number of benzene rings is 1. The highest BCUT2D eigenvalue weighted by Crippen LogP contribution is 2.20. The Morgan fingerprint density at radius 2 is 1.83 bits per heavy atom. The highest BCUT2D eigenvalue weighted by Gasteiger charge is 2.38. The lowest BCUT2D eigenvalue weighted by molar-refractivity contribution is -0.162. The number of carboxylic acid groups (broad SMARTS) is 2. The third-order valence-corrected chi connectivity index (χ3v) is 5.07. The molecular formula is C17H23ClO5S. The molecule has 1 aromatic carbocycles. The number of halogens is 1. The van der Waals surface area contributed by atoms with Gasteiger partial charge in [0, 0.05) is 10.8 Å². The molecule has 0 saturated carbocycles. The number of hydrogen-bond acceptors (Lipinski definition) is 4. The Labute approximate surface area is 151 Å². The average molecular weight is 375 g/mol. The molecule has 0 heterocycles. The summed E-state index contributed by atoms with van der Waals surface area (Å²) in [6, 6.07) is 7.81. The number of thioether (sulfide) groups is 1. The zero-order valence-electron chi connectivity index (χ0n) is 13.4. The van der Waals surface area contributed by atoms with E-state index in [4.69, 9.17) is 21.8 Å². The molecule has 3 N–H and O–H groups in total. The predicted octanol–water partition coefficient (Wildman–Crippen LogP) is 3.47. The van der Waals surface area contributed by atoms with Crippen LogP contribution in [0.4, 0.5) is 0 Å². The van der Waals surface area contributed by atoms with E-state index in [2.05, 4.69) is 6.07 Å². The number of aryl methyl sites for hydroxylation is 1. The maximum Gasteiger partial charge on any atom is 0.337 e. The third kappa shape index (κ3) is 8.04. The first kappa shape index (κ1) is 20.8. The molecule has 7 heteroatoms. The summed E-state index contributed by atoms with van der Waals surface area (Å²) < 4.78 is 0. The summed E-state index contributed by atoms with van der Waals surface area (Å²) in [6.45, 7) is 0. The Hall–Kier alpha value is -1.24. The Kier molecular flexibility index (Phi) is 9.18. The van der Waals surface area contributed by atoms with Crippen LogP contribution in [-0.2, 0) is 16.0 Å². The zero-order valence-corrected chi connectivity index (χ0v) is 15.0. The second-order valence-electron chi connectivity index (χ2n) is 5.75. The fraction of sp³-hybridized carbons (Fsp3) is 0.529. The fourth-order valence-corrected chi connectivity index (χ4v) is 3.59. The Bertz CT molecular complexity index is 552. The number of aliphatic hydroxyl groups is 1. The molecule has 0 amide bonds. The molecule has 0 aliphatic rings. The molecule has 0 unspecified atom stereocenters. The van der Waals surface area contributed by atoms with Crippen LogP contribution >= 0.6 is 23.4 Å². The van der Waals surface area contributed by atoms with Crippen LogP contribution in [-0.4, -0.2) is 44.4 Å². The van der Waals surface area contributed by atoms with Crippen LogP contribution in [0.5, 0.6) is 0 Å². The minimum Gasteiger partial charge on any atom is -0.481 e. The number of unbranched alkanes of at least 4 members (excludes halogenated alkanes) is 3. The van der Waals surface area contributed by atoms with Crippen LogP contribution in [0, 0.1) is 0 Å². The van der Waals surface area contributed by atoms with Crippen molar-refractivity contribution in [2.75, 3.05) is 11.5 Å². The number of carbonyl (C=O) groups is 2. The van der Waals surface area contributed by atoms with Crippen LogP contribution in [0.3, 0.4) is 0 Å². The number of hydrogen-bond donors (Lipinski definition) is 3. The van der Waals surface area contributed by atoms with Crippen molar-refractivity contribution in [3.05, 3.63) is 34.9 Å². The van der Waals surface area contributed by atoms with Gasteiger partial charge in [0.1, 0.15) is 0 Å². The molecule has 0 aliphatic heterocycles. The number of rotatable bonds is 12. The van der Waals surface area contributed by atoms with Crippen LogP contribution in [0.1, 0.15) is 37.7 Å². The van der Waals surface area contributed by atoms with E-state index in [1.807, 2.05) is 18.2 Å². The Morgan fingerprint density at radius 1 is 1.12 bits per heavy atom. The van der Waals surface area contributed by atoms with Gasteiger partial charge in [0.15, 0.2) is 5.60 Å². The van der Waals surface area contributed by atoms with E-state index in [1.165, 1.54) is 17.3 Å². The zero-order chi connectivity index (χ0) is 18.0. The molecule has 0 spiro atoms. The molecular weight excluding hydrogens is 352 g/mol. The van der Waals surface area contributed by atoms with E-state index in [0.29, 0.717) is 5.75 Å². The molecule has 5 nitrogen and oxygen atoms in total. The maximum atomic E-state index is 11.0. The largest absolute Gasteiger partial charge is 0.481 e. The van der Waals surface area contributed by atoms with Crippen molar-refractivity contribution in [1.82, 2.24) is 0 Å². The predicted molar refractivity (Wildman–Crippen MR) is 95.8 cm³/mol. The molecule has 1 aromatic rings. The molecule has 1 atom stereocenters. The molecule has 0 bridgehead atoms. The first-order valence-corrected chi connectivity index (χ1v) is 9.36. The first-order chi connectivity index (χ1) is 11.3. The highest BCUT2D eigenvalue weighted by atomic mass is 35.5. The molecule has 0 aromatic heterocycles. The Morgan fingerprint density at radius 3 is 2.46 bits per heavy atom.